The molecule has 0 radical (unpaired) electrons. The maximum Gasteiger partial charge on any atom is 0.320 e. The number of hydrogen-bond acceptors (Lipinski definition) is 4. The molecule has 5 atom stereocenters. The van der Waals surface area contributed by atoms with Crippen LogP contribution in [0.25, 0.3) is 0 Å². The minimum atomic E-state index is -0.866. The van der Waals surface area contributed by atoms with E-state index >= 15 is 0 Å². The monoisotopic (exact) mass is 312 g/mol. The summed E-state index contributed by atoms with van der Waals surface area (Å²) in [5.74, 6) is -0.986. The first kappa shape index (κ1) is 18.6. The van der Waals surface area contributed by atoms with E-state index in [1.807, 2.05) is 32.9 Å². The molecule has 0 bridgehead atoms. The predicted octanol–water partition coefficient (Wildman–Crippen LogP) is 1.31. The van der Waals surface area contributed by atoms with Gasteiger partial charge in [0.2, 0.25) is 5.91 Å². The summed E-state index contributed by atoms with van der Waals surface area (Å²) >= 11 is 0. The van der Waals surface area contributed by atoms with E-state index in [0.29, 0.717) is 12.8 Å². The van der Waals surface area contributed by atoms with Crippen LogP contribution in [0.5, 0.6) is 0 Å². The number of ether oxygens (including phenoxy) is 1. The Bertz CT molecular complexity index is 432. The van der Waals surface area contributed by atoms with Crippen LogP contribution in [-0.2, 0) is 14.3 Å². The summed E-state index contributed by atoms with van der Waals surface area (Å²) in [4.78, 5) is 23.0. The van der Waals surface area contributed by atoms with Gasteiger partial charge in [-0.05, 0) is 32.6 Å². The Balaban J connectivity index is 3.14. The van der Waals surface area contributed by atoms with E-state index in [4.69, 9.17) is 4.74 Å². The van der Waals surface area contributed by atoms with Crippen molar-refractivity contribution in [3.63, 3.8) is 0 Å². The minimum absolute atomic E-state index is 0.0315. The largest absolute Gasteiger partial charge is 0.480 e. The molecule has 1 saturated heterocycles. The third kappa shape index (κ3) is 4.08. The van der Waals surface area contributed by atoms with Crippen LogP contribution in [0.1, 0.15) is 40.5 Å². The Hall–Kier alpha value is -1.40. The highest BCUT2D eigenvalue weighted by Crippen LogP contribution is 2.31. The summed E-state index contributed by atoms with van der Waals surface area (Å²) in [7, 11) is 1.62. The summed E-state index contributed by atoms with van der Waals surface area (Å²) in [5.41, 5.74) is -0.573. The smallest absolute Gasteiger partial charge is 0.320 e. The fraction of sp³-hybridized carbons (Fsp3) is 0.750. The fourth-order valence-corrected chi connectivity index (χ4v) is 3.14. The molecule has 3 N–H and O–H groups in total. The van der Waals surface area contributed by atoms with E-state index in [9.17, 15) is 14.7 Å². The van der Waals surface area contributed by atoms with Gasteiger partial charge in [-0.3, -0.25) is 14.9 Å². The highest BCUT2D eigenvalue weighted by molar-refractivity contribution is 5.75. The second kappa shape index (κ2) is 7.74. The van der Waals surface area contributed by atoms with Crippen LogP contribution in [0.4, 0.5) is 0 Å². The fourth-order valence-electron chi connectivity index (χ4n) is 3.14. The summed E-state index contributed by atoms with van der Waals surface area (Å²) in [6.45, 7) is 7.31. The van der Waals surface area contributed by atoms with Gasteiger partial charge in [0.1, 0.15) is 6.04 Å². The normalized spacial score (nSPS) is 29.2. The predicted molar refractivity (Wildman–Crippen MR) is 84.6 cm³/mol. The van der Waals surface area contributed by atoms with Crippen LogP contribution >= 0.6 is 0 Å². The number of carbonyl (C=O) groups excluding carboxylic acids is 1. The van der Waals surface area contributed by atoms with Gasteiger partial charge < -0.3 is 15.2 Å². The number of rotatable bonds is 7. The number of carbonyl (C=O) groups is 2. The average Bonchev–Trinajstić information content (AvgIpc) is 2.88. The standard InChI is InChI=1S/C16H28N2O4/c1-6-8-11-9-12(15(20)21)18-13(11)14(17-10(3)19)16(4,7-2)22-5/h6,8,11-14,18H,7,9H2,1-5H3,(H,17,19)(H,20,21)/b8-6-/t11-,12-,13-,14-,16+/m1/s1. The molecule has 22 heavy (non-hydrogen) atoms. The molecule has 6 heteroatoms. The van der Waals surface area contributed by atoms with Gasteiger partial charge in [0.25, 0.3) is 0 Å². The maximum atomic E-state index is 11.6. The zero-order valence-corrected chi connectivity index (χ0v) is 14.1. The van der Waals surface area contributed by atoms with Gasteiger partial charge in [0, 0.05) is 20.1 Å². The van der Waals surface area contributed by atoms with Gasteiger partial charge >= 0.3 is 5.97 Å². The van der Waals surface area contributed by atoms with Crippen molar-refractivity contribution in [3.8, 4) is 0 Å². The molecule has 1 heterocycles. The zero-order chi connectivity index (χ0) is 16.9. The molecule has 1 aliphatic rings. The maximum absolute atomic E-state index is 11.6. The molecule has 126 valence electrons. The molecule has 0 spiro atoms. The lowest BCUT2D eigenvalue weighted by molar-refractivity contribution is -0.139. The second-order valence-electron chi connectivity index (χ2n) is 6.06. The molecule has 0 aromatic rings. The van der Waals surface area contributed by atoms with Crippen molar-refractivity contribution < 1.29 is 19.4 Å². The topological polar surface area (TPSA) is 87.7 Å². The number of nitrogens with one attached hydrogen (secondary N) is 2. The number of hydrogen-bond donors (Lipinski definition) is 3. The van der Waals surface area contributed by atoms with E-state index in [1.54, 1.807) is 7.11 Å². The van der Waals surface area contributed by atoms with Crippen molar-refractivity contribution in [2.45, 2.75) is 64.3 Å². The van der Waals surface area contributed by atoms with Crippen LogP contribution in [0, 0.1) is 5.92 Å². The first-order valence-corrected chi connectivity index (χ1v) is 7.73. The molecule has 0 aromatic heterocycles. The van der Waals surface area contributed by atoms with Crippen molar-refractivity contribution >= 4 is 11.9 Å². The summed E-state index contributed by atoms with van der Waals surface area (Å²) in [5, 5.41) is 15.4. The first-order valence-electron chi connectivity index (χ1n) is 7.73. The molecule has 1 amide bonds. The van der Waals surface area contributed by atoms with Crippen molar-refractivity contribution in [1.29, 1.82) is 0 Å². The van der Waals surface area contributed by atoms with Crippen LogP contribution in [0.3, 0.4) is 0 Å². The second-order valence-corrected chi connectivity index (χ2v) is 6.06. The minimum Gasteiger partial charge on any atom is -0.480 e. The molecular formula is C16H28N2O4. The van der Waals surface area contributed by atoms with Crippen LogP contribution in [0.15, 0.2) is 12.2 Å². The van der Waals surface area contributed by atoms with Crippen molar-refractivity contribution in [2.75, 3.05) is 7.11 Å². The SMILES string of the molecule is C/C=C\[C@@H]1C[C@H](C(=O)O)N[C@H]1[C@@H](NC(C)=O)[C@](C)(CC)OC. The van der Waals surface area contributed by atoms with E-state index in [2.05, 4.69) is 10.6 Å². The number of aliphatic carboxylic acids is 1. The lowest BCUT2D eigenvalue weighted by atomic mass is 9.82. The van der Waals surface area contributed by atoms with Crippen LogP contribution in [-0.4, -0.2) is 47.8 Å². The molecular weight excluding hydrogens is 284 g/mol. The molecule has 0 aromatic carbocycles. The molecule has 1 aliphatic heterocycles. The van der Waals surface area contributed by atoms with E-state index < -0.39 is 17.6 Å². The molecule has 6 nitrogen and oxygen atoms in total. The number of carboxylic acid groups (broad SMARTS) is 1. The molecule has 0 unspecified atom stereocenters. The molecule has 0 aliphatic carbocycles. The van der Waals surface area contributed by atoms with Gasteiger partial charge in [0.15, 0.2) is 0 Å². The van der Waals surface area contributed by atoms with E-state index in [-0.39, 0.29) is 23.9 Å². The Morgan fingerprint density at radius 2 is 2.18 bits per heavy atom. The van der Waals surface area contributed by atoms with Gasteiger partial charge in [0.05, 0.1) is 11.6 Å². The highest BCUT2D eigenvalue weighted by Gasteiger charge is 2.47. The van der Waals surface area contributed by atoms with Gasteiger partial charge in [-0.25, -0.2) is 0 Å². The summed E-state index contributed by atoms with van der Waals surface area (Å²) in [6.07, 6.45) is 5.13. The molecule has 0 saturated carbocycles. The van der Waals surface area contributed by atoms with Gasteiger partial charge in [-0.2, -0.15) is 0 Å². The van der Waals surface area contributed by atoms with E-state index in [1.165, 1.54) is 6.92 Å². The zero-order valence-electron chi connectivity index (χ0n) is 14.1. The number of methoxy groups -OCH3 is 1. The third-order valence-corrected chi connectivity index (χ3v) is 4.64. The van der Waals surface area contributed by atoms with Crippen LogP contribution in [0.2, 0.25) is 0 Å². The number of carboxylic acids is 1. The van der Waals surface area contributed by atoms with Crippen molar-refractivity contribution in [1.82, 2.24) is 10.6 Å². The Labute approximate surface area is 132 Å². The molecule has 1 rings (SSSR count). The lowest BCUT2D eigenvalue weighted by Crippen LogP contribution is -2.62. The number of amides is 1. The summed E-state index contributed by atoms with van der Waals surface area (Å²) < 4.78 is 5.66. The van der Waals surface area contributed by atoms with Crippen molar-refractivity contribution in [2.24, 2.45) is 5.92 Å². The van der Waals surface area contributed by atoms with Gasteiger partial charge in [-0.15, -0.1) is 0 Å². The Morgan fingerprint density at radius 1 is 1.55 bits per heavy atom. The van der Waals surface area contributed by atoms with Gasteiger partial charge in [-0.1, -0.05) is 19.1 Å². The highest BCUT2D eigenvalue weighted by atomic mass is 16.5. The molecule has 1 fully saturated rings. The summed E-state index contributed by atoms with van der Waals surface area (Å²) in [6, 6.07) is -1.11. The average molecular weight is 312 g/mol. The third-order valence-electron chi connectivity index (χ3n) is 4.64. The van der Waals surface area contributed by atoms with Crippen LogP contribution < -0.4 is 10.6 Å². The number of allylic oxidation sites excluding steroid dienone is 1. The van der Waals surface area contributed by atoms with E-state index in [0.717, 1.165) is 0 Å². The first-order chi connectivity index (χ1) is 10.3. The quantitative estimate of drug-likeness (QED) is 0.617. The van der Waals surface area contributed by atoms with Crippen molar-refractivity contribution in [3.05, 3.63) is 12.2 Å². The Kier molecular flexibility index (Phi) is 6.56. The Morgan fingerprint density at radius 3 is 2.59 bits per heavy atom. The lowest BCUT2D eigenvalue weighted by Gasteiger charge is -2.41.